The van der Waals surface area contributed by atoms with Gasteiger partial charge >= 0.3 is 0 Å². The highest BCUT2D eigenvalue weighted by Gasteiger charge is 2.30. The molecule has 1 N–H and O–H groups in total. The number of carbonyl (C=O) groups excluding carboxylic acids is 1. The molecule has 9 heteroatoms. The van der Waals surface area contributed by atoms with Crippen LogP contribution in [0.25, 0.3) is 11.3 Å². The van der Waals surface area contributed by atoms with E-state index in [4.69, 9.17) is 28.5 Å². The van der Waals surface area contributed by atoms with E-state index in [-0.39, 0.29) is 18.1 Å². The summed E-state index contributed by atoms with van der Waals surface area (Å²) in [4.78, 5) is 12.7. The van der Waals surface area contributed by atoms with Crippen LogP contribution in [-0.4, -0.2) is 74.1 Å². The van der Waals surface area contributed by atoms with Crippen LogP contribution in [0.1, 0.15) is 27.4 Å². The first-order valence-corrected chi connectivity index (χ1v) is 10.5. The van der Waals surface area contributed by atoms with Crippen LogP contribution in [0.2, 0.25) is 0 Å². The summed E-state index contributed by atoms with van der Waals surface area (Å²) in [5.74, 6) is 0.942. The Labute approximate surface area is 174 Å². The summed E-state index contributed by atoms with van der Waals surface area (Å²) < 4.78 is 30.1. The molecule has 2 aliphatic heterocycles. The molecule has 30 heavy (non-hydrogen) atoms. The second-order valence-corrected chi connectivity index (χ2v) is 7.92. The van der Waals surface area contributed by atoms with Gasteiger partial charge in [-0.3, -0.25) is 9.48 Å². The van der Waals surface area contributed by atoms with Gasteiger partial charge in [0, 0.05) is 30.3 Å². The van der Waals surface area contributed by atoms with Gasteiger partial charge in [-0.15, -0.1) is 0 Å². The molecule has 0 radical (unpaired) electrons. The van der Waals surface area contributed by atoms with Gasteiger partial charge in [-0.25, -0.2) is 0 Å². The highest BCUT2D eigenvalue weighted by molar-refractivity contribution is 5.95. The summed E-state index contributed by atoms with van der Waals surface area (Å²) in [5.41, 5.74) is 3.84. The maximum atomic E-state index is 12.7. The number of amides is 1. The largest absolute Gasteiger partial charge is 0.455 e. The first-order valence-electron chi connectivity index (χ1n) is 10.5. The first kappa shape index (κ1) is 19.7. The summed E-state index contributed by atoms with van der Waals surface area (Å²) in [6.45, 7) is 6.46. The van der Waals surface area contributed by atoms with E-state index in [1.165, 1.54) is 5.56 Å². The lowest BCUT2D eigenvalue weighted by molar-refractivity contribution is -0.0946. The van der Waals surface area contributed by atoms with Crippen LogP contribution < -0.4 is 5.32 Å². The van der Waals surface area contributed by atoms with Gasteiger partial charge in [0.25, 0.3) is 5.91 Å². The van der Waals surface area contributed by atoms with Gasteiger partial charge < -0.3 is 28.7 Å². The number of nitrogens with one attached hydrogen (secondary N) is 1. The molecule has 4 heterocycles. The molecule has 5 rings (SSSR count). The second-order valence-electron chi connectivity index (χ2n) is 7.92. The third-order valence-corrected chi connectivity index (χ3v) is 5.77. The molecule has 3 aliphatic rings. The van der Waals surface area contributed by atoms with Crippen molar-refractivity contribution in [3.63, 3.8) is 0 Å². The normalized spacial score (nSPS) is 23.6. The van der Waals surface area contributed by atoms with Crippen molar-refractivity contribution in [3.8, 4) is 11.3 Å². The highest BCUT2D eigenvalue weighted by atomic mass is 16.6. The van der Waals surface area contributed by atoms with Gasteiger partial charge in [0.15, 0.2) is 5.76 Å². The smallest absolute Gasteiger partial charge is 0.287 e. The fourth-order valence-corrected chi connectivity index (χ4v) is 4.27. The van der Waals surface area contributed by atoms with Gasteiger partial charge in [-0.1, -0.05) is 0 Å². The lowest BCUT2D eigenvalue weighted by atomic mass is 9.93. The SMILES string of the molecule is Cc1c(C(=O)NC[C@@H]2COCCO2)oc2c1-c1nn(C[C@@H]3COCCO3)cc1CC2. The third-order valence-electron chi connectivity index (χ3n) is 5.77. The molecule has 2 aromatic rings. The number of nitrogens with zero attached hydrogens (tertiary/aromatic N) is 2. The molecule has 0 bridgehead atoms. The summed E-state index contributed by atoms with van der Waals surface area (Å²) in [5, 5.41) is 7.70. The number of fused-ring (bicyclic) bond motifs is 3. The zero-order valence-electron chi connectivity index (χ0n) is 17.1. The number of hydrogen-bond donors (Lipinski definition) is 1. The number of aryl methyl sites for hydroxylation is 2. The van der Waals surface area contributed by atoms with Crippen LogP contribution >= 0.6 is 0 Å². The van der Waals surface area contributed by atoms with Crippen LogP contribution in [0.5, 0.6) is 0 Å². The fourth-order valence-electron chi connectivity index (χ4n) is 4.27. The van der Waals surface area contributed by atoms with Crippen LogP contribution in [0.4, 0.5) is 0 Å². The molecule has 2 saturated heterocycles. The van der Waals surface area contributed by atoms with Gasteiger partial charge in [-0.2, -0.15) is 5.10 Å². The number of carbonyl (C=O) groups is 1. The van der Waals surface area contributed by atoms with Crippen LogP contribution in [0.15, 0.2) is 10.6 Å². The first-order chi connectivity index (χ1) is 14.7. The van der Waals surface area contributed by atoms with Crippen molar-refractivity contribution in [1.29, 1.82) is 0 Å². The molecule has 0 spiro atoms. The molecule has 2 aromatic heterocycles. The predicted octanol–water partition coefficient (Wildman–Crippen LogP) is 1.11. The van der Waals surface area contributed by atoms with Crippen molar-refractivity contribution in [2.24, 2.45) is 0 Å². The molecule has 162 valence electrons. The second kappa shape index (κ2) is 8.50. The molecular weight excluding hydrogens is 390 g/mol. The average molecular weight is 417 g/mol. The zero-order valence-corrected chi connectivity index (χ0v) is 17.1. The van der Waals surface area contributed by atoms with E-state index in [9.17, 15) is 4.79 Å². The van der Waals surface area contributed by atoms with Crippen molar-refractivity contribution in [3.05, 3.63) is 28.8 Å². The van der Waals surface area contributed by atoms with Crippen LogP contribution in [0, 0.1) is 6.92 Å². The zero-order chi connectivity index (χ0) is 20.5. The van der Waals surface area contributed by atoms with E-state index in [0.717, 1.165) is 35.4 Å². The van der Waals surface area contributed by atoms with E-state index < -0.39 is 0 Å². The van der Waals surface area contributed by atoms with Gasteiger partial charge in [-0.05, 0) is 18.9 Å². The average Bonchev–Trinajstić information content (AvgIpc) is 3.33. The van der Waals surface area contributed by atoms with E-state index in [1.807, 2.05) is 11.6 Å². The van der Waals surface area contributed by atoms with E-state index >= 15 is 0 Å². The van der Waals surface area contributed by atoms with Crippen molar-refractivity contribution >= 4 is 5.91 Å². The van der Waals surface area contributed by atoms with E-state index in [1.54, 1.807) is 0 Å². The molecule has 0 unspecified atom stereocenters. The Morgan fingerprint density at radius 2 is 1.90 bits per heavy atom. The molecule has 2 atom stereocenters. The lowest BCUT2D eigenvalue weighted by Crippen LogP contribution is -2.39. The lowest BCUT2D eigenvalue weighted by Gasteiger charge is -2.22. The van der Waals surface area contributed by atoms with Crippen molar-refractivity contribution < 1.29 is 28.2 Å². The number of hydrogen-bond acceptors (Lipinski definition) is 7. The van der Waals surface area contributed by atoms with Crippen molar-refractivity contribution in [2.45, 2.75) is 38.5 Å². The number of rotatable bonds is 5. The Bertz CT molecular complexity index is 908. The van der Waals surface area contributed by atoms with E-state index in [2.05, 4.69) is 11.5 Å². The van der Waals surface area contributed by atoms with Crippen LogP contribution in [0.3, 0.4) is 0 Å². The fraction of sp³-hybridized carbons (Fsp3) is 0.619. The maximum Gasteiger partial charge on any atom is 0.287 e. The van der Waals surface area contributed by atoms with Gasteiger partial charge in [0.1, 0.15) is 11.9 Å². The minimum absolute atomic E-state index is 0.0114. The summed E-state index contributed by atoms with van der Waals surface area (Å²) in [7, 11) is 0. The quantitative estimate of drug-likeness (QED) is 0.778. The molecule has 9 nitrogen and oxygen atoms in total. The molecule has 0 saturated carbocycles. The Morgan fingerprint density at radius 3 is 2.63 bits per heavy atom. The molecule has 1 aliphatic carbocycles. The van der Waals surface area contributed by atoms with Crippen molar-refractivity contribution in [1.82, 2.24) is 15.1 Å². The molecule has 0 aromatic carbocycles. The standard InChI is InChI=1S/C21H27N3O6/c1-13-18-17(30-20(13)21(25)22-8-15-11-26-4-6-28-15)3-2-14-9-24(23-19(14)18)10-16-12-27-5-7-29-16/h9,15-16H,2-8,10-12H2,1H3,(H,22,25)/t15-,16-/m1/s1. The summed E-state index contributed by atoms with van der Waals surface area (Å²) in [6, 6.07) is 0. The molecular formula is C21H27N3O6. The molecule has 1 amide bonds. The predicted molar refractivity (Wildman–Crippen MR) is 106 cm³/mol. The van der Waals surface area contributed by atoms with Crippen molar-refractivity contribution in [2.75, 3.05) is 46.2 Å². The van der Waals surface area contributed by atoms with Crippen LogP contribution in [-0.2, 0) is 38.3 Å². The minimum atomic E-state index is -0.232. The number of ether oxygens (including phenoxy) is 4. The third kappa shape index (κ3) is 3.90. The minimum Gasteiger partial charge on any atom is -0.455 e. The number of furan rings is 1. The maximum absolute atomic E-state index is 12.7. The Hall–Kier alpha value is -2.20. The van der Waals surface area contributed by atoms with Gasteiger partial charge in [0.2, 0.25) is 0 Å². The summed E-state index contributed by atoms with van der Waals surface area (Å²) in [6.07, 6.45) is 3.55. The monoisotopic (exact) mass is 417 g/mol. The van der Waals surface area contributed by atoms with E-state index in [0.29, 0.717) is 58.5 Å². The Morgan fingerprint density at radius 1 is 1.13 bits per heavy atom. The molecule has 2 fully saturated rings. The highest BCUT2D eigenvalue weighted by Crippen LogP contribution is 2.38. The Kier molecular flexibility index (Phi) is 5.60. The topological polar surface area (TPSA) is 97.0 Å². The van der Waals surface area contributed by atoms with Gasteiger partial charge in [0.05, 0.1) is 58.0 Å². The summed E-state index contributed by atoms with van der Waals surface area (Å²) >= 11 is 0. The number of aromatic nitrogens is 2. The Balaban J connectivity index is 1.32.